The zero-order valence-electron chi connectivity index (χ0n) is 6.64. The van der Waals surface area contributed by atoms with Gasteiger partial charge in [-0.05, 0) is 25.4 Å². The smallest absolute Gasteiger partial charge is 0.0198 e. The topological polar surface area (TPSA) is 15.3 Å². The monoisotopic (exact) mass is 140 g/mol. The van der Waals surface area contributed by atoms with Crippen molar-refractivity contribution >= 4 is 0 Å². The minimum Gasteiger partial charge on any atom is -0.312 e. The fourth-order valence-corrected chi connectivity index (χ4v) is 2.19. The number of fused-ring (bicyclic) bond motifs is 2. The quantitative estimate of drug-likeness (QED) is 0.563. The van der Waals surface area contributed by atoms with Crippen LogP contribution in [0.5, 0.6) is 0 Å². The standard InChI is InChI=1S/C8H16N2/c1-2-10-5-7-3-8(6-10)9-4-7/h7-9H,2-6H2,1H3/t7-,8-/m0/s1. The highest BCUT2D eigenvalue weighted by molar-refractivity contribution is 4.90. The first kappa shape index (κ1) is 6.62. The Morgan fingerprint density at radius 1 is 1.50 bits per heavy atom. The van der Waals surface area contributed by atoms with Gasteiger partial charge in [0.25, 0.3) is 0 Å². The van der Waals surface area contributed by atoms with E-state index in [9.17, 15) is 0 Å². The van der Waals surface area contributed by atoms with Crippen LogP contribution in [0.15, 0.2) is 0 Å². The van der Waals surface area contributed by atoms with Crippen LogP contribution in [-0.4, -0.2) is 37.1 Å². The predicted molar refractivity (Wildman–Crippen MR) is 42.0 cm³/mol. The summed E-state index contributed by atoms with van der Waals surface area (Å²) < 4.78 is 0. The normalized spacial score (nSPS) is 40.5. The molecule has 2 rings (SSSR count). The van der Waals surface area contributed by atoms with Crippen molar-refractivity contribution in [3.05, 3.63) is 0 Å². The van der Waals surface area contributed by atoms with Crippen LogP contribution < -0.4 is 5.32 Å². The summed E-state index contributed by atoms with van der Waals surface area (Å²) in [7, 11) is 0. The van der Waals surface area contributed by atoms with Gasteiger partial charge in [-0.1, -0.05) is 6.92 Å². The summed E-state index contributed by atoms with van der Waals surface area (Å²) in [5, 5.41) is 3.54. The lowest BCUT2D eigenvalue weighted by molar-refractivity contribution is 0.202. The van der Waals surface area contributed by atoms with Crippen LogP contribution in [0, 0.1) is 5.92 Å². The van der Waals surface area contributed by atoms with Crippen molar-refractivity contribution in [3.63, 3.8) is 0 Å². The lowest BCUT2D eigenvalue weighted by Crippen LogP contribution is -2.40. The van der Waals surface area contributed by atoms with Gasteiger partial charge < -0.3 is 10.2 Å². The van der Waals surface area contributed by atoms with Gasteiger partial charge in [-0.3, -0.25) is 0 Å². The van der Waals surface area contributed by atoms with Crippen LogP contribution in [-0.2, 0) is 0 Å². The Labute approximate surface area is 62.6 Å². The Balaban J connectivity index is 1.96. The number of rotatable bonds is 1. The van der Waals surface area contributed by atoms with E-state index in [1.54, 1.807) is 0 Å². The highest BCUT2D eigenvalue weighted by Gasteiger charge is 2.31. The van der Waals surface area contributed by atoms with Crippen LogP contribution >= 0.6 is 0 Å². The second-order valence-corrected chi connectivity index (χ2v) is 3.56. The molecule has 2 bridgehead atoms. The fraction of sp³-hybridized carbons (Fsp3) is 1.00. The summed E-state index contributed by atoms with van der Waals surface area (Å²) in [4.78, 5) is 2.55. The number of hydrogen-bond donors (Lipinski definition) is 1. The van der Waals surface area contributed by atoms with E-state index in [0.717, 1.165) is 12.0 Å². The van der Waals surface area contributed by atoms with Crippen LogP contribution in [0.3, 0.4) is 0 Å². The van der Waals surface area contributed by atoms with Gasteiger partial charge in [-0.15, -0.1) is 0 Å². The molecule has 2 fully saturated rings. The predicted octanol–water partition coefficient (Wildman–Crippen LogP) is 0.300. The number of likely N-dealkylation sites (tertiary alicyclic amines) is 1. The molecule has 0 radical (unpaired) electrons. The third-order valence-electron chi connectivity index (χ3n) is 2.76. The molecule has 2 atom stereocenters. The summed E-state index contributed by atoms with van der Waals surface area (Å²) in [5.41, 5.74) is 0. The summed E-state index contributed by atoms with van der Waals surface area (Å²) >= 11 is 0. The van der Waals surface area contributed by atoms with Crippen molar-refractivity contribution in [1.82, 2.24) is 10.2 Å². The van der Waals surface area contributed by atoms with Crippen molar-refractivity contribution in [2.75, 3.05) is 26.2 Å². The van der Waals surface area contributed by atoms with Crippen LogP contribution in [0.25, 0.3) is 0 Å². The maximum Gasteiger partial charge on any atom is 0.0198 e. The van der Waals surface area contributed by atoms with Crippen molar-refractivity contribution in [3.8, 4) is 0 Å². The molecular weight excluding hydrogens is 124 g/mol. The van der Waals surface area contributed by atoms with E-state index >= 15 is 0 Å². The highest BCUT2D eigenvalue weighted by Crippen LogP contribution is 2.21. The van der Waals surface area contributed by atoms with Crippen LogP contribution in [0.1, 0.15) is 13.3 Å². The molecule has 2 aliphatic rings. The Bertz CT molecular complexity index is 112. The first-order chi connectivity index (χ1) is 4.88. The van der Waals surface area contributed by atoms with Gasteiger partial charge in [0.15, 0.2) is 0 Å². The number of hydrogen-bond acceptors (Lipinski definition) is 2. The van der Waals surface area contributed by atoms with Crippen molar-refractivity contribution in [2.45, 2.75) is 19.4 Å². The molecule has 0 aromatic rings. The van der Waals surface area contributed by atoms with Gasteiger partial charge in [0, 0.05) is 19.1 Å². The number of piperidine rings is 1. The van der Waals surface area contributed by atoms with Crippen molar-refractivity contribution < 1.29 is 0 Å². The van der Waals surface area contributed by atoms with E-state index in [-0.39, 0.29) is 0 Å². The van der Waals surface area contributed by atoms with E-state index in [1.807, 2.05) is 0 Å². The molecule has 0 aromatic heterocycles. The van der Waals surface area contributed by atoms with Gasteiger partial charge in [0.2, 0.25) is 0 Å². The van der Waals surface area contributed by atoms with Crippen molar-refractivity contribution in [1.29, 1.82) is 0 Å². The SMILES string of the molecule is CCN1C[C@@H]2CN[C@@H](C2)C1. The Hall–Kier alpha value is -0.0800. The molecule has 1 N–H and O–H groups in total. The molecule has 58 valence electrons. The molecule has 2 heteroatoms. The van der Waals surface area contributed by atoms with E-state index in [4.69, 9.17) is 0 Å². The lowest BCUT2D eigenvalue weighted by atomic mass is 10.0. The highest BCUT2D eigenvalue weighted by atomic mass is 15.2. The summed E-state index contributed by atoms with van der Waals surface area (Å²) in [6, 6.07) is 0.818. The zero-order valence-corrected chi connectivity index (χ0v) is 6.64. The zero-order chi connectivity index (χ0) is 6.97. The Morgan fingerprint density at radius 2 is 2.40 bits per heavy atom. The minimum atomic E-state index is 0.818. The third kappa shape index (κ3) is 1.06. The van der Waals surface area contributed by atoms with E-state index in [0.29, 0.717) is 0 Å². The molecule has 10 heavy (non-hydrogen) atoms. The lowest BCUT2D eigenvalue weighted by Gasteiger charge is -2.29. The molecule has 0 aromatic carbocycles. The molecule has 2 heterocycles. The molecule has 0 aliphatic carbocycles. The number of likely N-dealkylation sites (N-methyl/N-ethyl adjacent to an activating group) is 1. The first-order valence-electron chi connectivity index (χ1n) is 4.34. The first-order valence-corrected chi connectivity index (χ1v) is 4.34. The maximum atomic E-state index is 3.54. The third-order valence-corrected chi connectivity index (χ3v) is 2.76. The Morgan fingerprint density at radius 3 is 3.10 bits per heavy atom. The fourth-order valence-electron chi connectivity index (χ4n) is 2.19. The summed E-state index contributed by atoms with van der Waals surface area (Å²) in [6.07, 6.45) is 1.43. The second-order valence-electron chi connectivity index (χ2n) is 3.56. The van der Waals surface area contributed by atoms with Gasteiger partial charge in [-0.2, -0.15) is 0 Å². The summed E-state index contributed by atoms with van der Waals surface area (Å²) in [5.74, 6) is 0.957. The van der Waals surface area contributed by atoms with E-state index < -0.39 is 0 Å². The molecule has 0 spiro atoms. The van der Waals surface area contributed by atoms with E-state index in [1.165, 1.54) is 32.6 Å². The van der Waals surface area contributed by atoms with Gasteiger partial charge >= 0.3 is 0 Å². The largest absolute Gasteiger partial charge is 0.312 e. The minimum absolute atomic E-state index is 0.818. The molecule has 0 amide bonds. The number of nitrogens with one attached hydrogen (secondary N) is 1. The molecule has 0 unspecified atom stereocenters. The van der Waals surface area contributed by atoms with E-state index in [2.05, 4.69) is 17.1 Å². The maximum absolute atomic E-state index is 3.54. The van der Waals surface area contributed by atoms with Gasteiger partial charge in [0.1, 0.15) is 0 Å². The molecule has 2 nitrogen and oxygen atoms in total. The van der Waals surface area contributed by atoms with Gasteiger partial charge in [-0.25, -0.2) is 0 Å². The molecular formula is C8H16N2. The van der Waals surface area contributed by atoms with Crippen LogP contribution in [0.4, 0.5) is 0 Å². The van der Waals surface area contributed by atoms with Crippen molar-refractivity contribution in [2.24, 2.45) is 5.92 Å². The molecule has 2 aliphatic heterocycles. The Kier molecular flexibility index (Phi) is 1.66. The van der Waals surface area contributed by atoms with Crippen LogP contribution in [0.2, 0.25) is 0 Å². The van der Waals surface area contributed by atoms with Gasteiger partial charge in [0.05, 0.1) is 0 Å². The molecule has 0 saturated carbocycles. The number of nitrogens with zero attached hydrogens (tertiary/aromatic N) is 1. The average Bonchev–Trinajstić information content (AvgIpc) is 2.30. The second kappa shape index (κ2) is 2.51. The molecule has 2 saturated heterocycles. The average molecular weight is 140 g/mol. The summed E-state index contributed by atoms with van der Waals surface area (Å²) in [6.45, 7) is 7.37.